The van der Waals surface area contributed by atoms with Crippen LogP contribution in [0.2, 0.25) is 0 Å². The van der Waals surface area contributed by atoms with Gasteiger partial charge in [0.05, 0.1) is 34.9 Å². The number of aromatic nitrogens is 5. The van der Waals surface area contributed by atoms with Crippen molar-refractivity contribution >= 4 is 22.6 Å². The highest BCUT2D eigenvalue weighted by molar-refractivity contribution is 5.93. The number of amides is 1. The monoisotopic (exact) mass is 414 g/mol. The predicted molar refractivity (Wildman–Crippen MR) is 116 cm³/mol. The van der Waals surface area contributed by atoms with Crippen molar-refractivity contribution in [3.8, 4) is 22.5 Å². The van der Waals surface area contributed by atoms with Crippen LogP contribution in [0.5, 0.6) is 0 Å². The molecular formula is C23H19FN6O. The summed E-state index contributed by atoms with van der Waals surface area (Å²) in [4.78, 5) is 25.8. The van der Waals surface area contributed by atoms with Crippen molar-refractivity contribution < 1.29 is 9.18 Å². The van der Waals surface area contributed by atoms with Crippen molar-refractivity contribution in [2.75, 3.05) is 6.54 Å². The fourth-order valence-corrected chi connectivity index (χ4v) is 3.69. The molecule has 0 atom stereocenters. The van der Waals surface area contributed by atoms with E-state index in [1.165, 1.54) is 12.1 Å². The molecule has 1 N–H and O–H groups in total. The number of aryl methyl sites for hydroxylation is 1. The van der Waals surface area contributed by atoms with E-state index < -0.39 is 0 Å². The van der Waals surface area contributed by atoms with E-state index in [2.05, 4.69) is 20.3 Å². The van der Waals surface area contributed by atoms with Gasteiger partial charge in [0.25, 0.3) is 5.91 Å². The number of carbonyl (C=O) groups is 1. The van der Waals surface area contributed by atoms with Crippen LogP contribution in [0.25, 0.3) is 39.2 Å². The van der Waals surface area contributed by atoms with Gasteiger partial charge in [0.2, 0.25) is 0 Å². The first-order valence-corrected chi connectivity index (χ1v) is 9.89. The topological polar surface area (TPSA) is 77.1 Å². The van der Waals surface area contributed by atoms with Crippen LogP contribution in [0.15, 0.2) is 61.2 Å². The number of hydrogen-bond donors (Lipinski definition) is 1. The Morgan fingerprint density at radius 3 is 2.65 bits per heavy atom. The van der Waals surface area contributed by atoms with E-state index in [1.807, 2.05) is 41.1 Å². The van der Waals surface area contributed by atoms with Gasteiger partial charge in [-0.1, -0.05) is 6.07 Å². The maximum atomic E-state index is 13.5. The summed E-state index contributed by atoms with van der Waals surface area (Å²) >= 11 is 0. The van der Waals surface area contributed by atoms with Crippen molar-refractivity contribution in [3.05, 3.63) is 72.7 Å². The number of benzene rings is 2. The summed E-state index contributed by atoms with van der Waals surface area (Å²) in [6, 6.07) is 12.1. The third-order valence-corrected chi connectivity index (χ3v) is 5.19. The zero-order valence-corrected chi connectivity index (χ0v) is 17.0. The normalized spacial score (nSPS) is 11.3. The second-order valence-electron chi connectivity index (χ2n) is 7.24. The summed E-state index contributed by atoms with van der Waals surface area (Å²) in [5.74, 6) is -0.564. The third-order valence-electron chi connectivity index (χ3n) is 5.19. The van der Waals surface area contributed by atoms with Gasteiger partial charge in [-0.15, -0.1) is 0 Å². The smallest absolute Gasteiger partial charge is 0.271 e. The molecule has 3 aromatic heterocycles. The van der Waals surface area contributed by atoms with Gasteiger partial charge < -0.3 is 9.88 Å². The minimum Gasteiger partial charge on any atom is -0.351 e. The molecule has 0 unspecified atom stereocenters. The van der Waals surface area contributed by atoms with Gasteiger partial charge in [0, 0.05) is 30.9 Å². The standard InChI is InChI=1S/C23H19FN6O/c1-3-25-23(31)18-12-30-20(28-18)11-26-21(14-4-7-16(24)8-5-14)22(30)15-6-9-17-19(10-15)29(2)13-27-17/h4-13H,3H2,1-2H3,(H,25,31). The molecule has 5 aromatic rings. The molecule has 3 heterocycles. The van der Waals surface area contributed by atoms with E-state index in [0.29, 0.717) is 23.6 Å². The first kappa shape index (κ1) is 18.9. The van der Waals surface area contributed by atoms with Gasteiger partial charge in [-0.25, -0.2) is 14.4 Å². The average Bonchev–Trinajstić information content (AvgIpc) is 3.37. The summed E-state index contributed by atoms with van der Waals surface area (Å²) in [5, 5.41) is 2.77. The molecule has 154 valence electrons. The van der Waals surface area contributed by atoms with E-state index in [-0.39, 0.29) is 11.7 Å². The molecule has 0 saturated carbocycles. The Morgan fingerprint density at radius 1 is 1.10 bits per heavy atom. The number of imidazole rings is 2. The highest BCUT2D eigenvalue weighted by Gasteiger charge is 2.18. The zero-order chi connectivity index (χ0) is 21.5. The van der Waals surface area contributed by atoms with E-state index in [1.54, 1.807) is 30.9 Å². The first-order chi connectivity index (χ1) is 15.0. The summed E-state index contributed by atoms with van der Waals surface area (Å²) in [6.07, 6.45) is 5.09. The molecular weight excluding hydrogens is 395 g/mol. The van der Waals surface area contributed by atoms with Crippen molar-refractivity contribution in [1.29, 1.82) is 0 Å². The van der Waals surface area contributed by atoms with Crippen molar-refractivity contribution in [1.82, 2.24) is 29.2 Å². The molecule has 0 aliphatic heterocycles. The Morgan fingerprint density at radius 2 is 1.87 bits per heavy atom. The van der Waals surface area contributed by atoms with Gasteiger partial charge in [-0.3, -0.25) is 14.2 Å². The summed E-state index contributed by atoms with van der Waals surface area (Å²) < 4.78 is 17.3. The van der Waals surface area contributed by atoms with Gasteiger partial charge in [0.15, 0.2) is 5.65 Å². The Balaban J connectivity index is 1.80. The minimum atomic E-state index is -0.316. The Labute approximate surface area is 177 Å². The zero-order valence-electron chi connectivity index (χ0n) is 17.0. The fourth-order valence-electron chi connectivity index (χ4n) is 3.69. The second-order valence-corrected chi connectivity index (χ2v) is 7.24. The van der Waals surface area contributed by atoms with Gasteiger partial charge in [-0.05, 0) is 43.3 Å². The van der Waals surface area contributed by atoms with E-state index in [9.17, 15) is 9.18 Å². The predicted octanol–water partition coefficient (Wildman–Crippen LogP) is 3.84. The number of hydrogen-bond acceptors (Lipinski definition) is 4. The fraction of sp³-hybridized carbons (Fsp3) is 0.130. The summed E-state index contributed by atoms with van der Waals surface area (Å²) in [5.41, 5.74) is 5.76. The lowest BCUT2D eigenvalue weighted by atomic mass is 10.0. The van der Waals surface area contributed by atoms with Crippen LogP contribution in [0.4, 0.5) is 4.39 Å². The number of halogens is 1. The number of rotatable bonds is 4. The van der Waals surface area contributed by atoms with E-state index in [4.69, 9.17) is 0 Å². The molecule has 5 rings (SSSR count). The molecule has 31 heavy (non-hydrogen) atoms. The maximum Gasteiger partial charge on any atom is 0.271 e. The largest absolute Gasteiger partial charge is 0.351 e. The molecule has 0 radical (unpaired) electrons. The summed E-state index contributed by atoms with van der Waals surface area (Å²) in [6.45, 7) is 2.37. The van der Waals surface area contributed by atoms with Crippen molar-refractivity contribution in [2.24, 2.45) is 7.05 Å². The SMILES string of the molecule is CCNC(=O)c1cn2c(-c3ccc4ncn(C)c4c3)c(-c3ccc(F)cc3)ncc2n1. The van der Waals surface area contributed by atoms with Crippen LogP contribution >= 0.6 is 0 Å². The molecule has 1 amide bonds. The number of carbonyl (C=O) groups excluding carboxylic acids is 1. The number of fused-ring (bicyclic) bond motifs is 2. The van der Waals surface area contributed by atoms with Gasteiger partial charge in [-0.2, -0.15) is 0 Å². The van der Waals surface area contributed by atoms with Crippen molar-refractivity contribution in [2.45, 2.75) is 6.92 Å². The van der Waals surface area contributed by atoms with Crippen LogP contribution in [0.1, 0.15) is 17.4 Å². The van der Waals surface area contributed by atoms with Crippen LogP contribution in [-0.2, 0) is 7.05 Å². The van der Waals surface area contributed by atoms with E-state index >= 15 is 0 Å². The third kappa shape index (κ3) is 3.22. The maximum absolute atomic E-state index is 13.5. The molecule has 0 fully saturated rings. The van der Waals surface area contributed by atoms with Crippen LogP contribution in [-0.4, -0.2) is 36.4 Å². The Bertz CT molecular complexity index is 1430. The minimum absolute atomic E-state index is 0.248. The van der Waals surface area contributed by atoms with Gasteiger partial charge >= 0.3 is 0 Å². The molecule has 0 aliphatic rings. The summed E-state index contributed by atoms with van der Waals surface area (Å²) in [7, 11) is 1.93. The lowest BCUT2D eigenvalue weighted by Gasteiger charge is -2.12. The molecule has 8 heteroatoms. The highest BCUT2D eigenvalue weighted by atomic mass is 19.1. The number of nitrogens with zero attached hydrogens (tertiary/aromatic N) is 5. The number of nitrogens with one attached hydrogen (secondary N) is 1. The van der Waals surface area contributed by atoms with Crippen molar-refractivity contribution in [3.63, 3.8) is 0 Å². The molecule has 0 aliphatic carbocycles. The second kappa shape index (κ2) is 7.32. The highest BCUT2D eigenvalue weighted by Crippen LogP contribution is 2.33. The van der Waals surface area contributed by atoms with E-state index in [0.717, 1.165) is 27.9 Å². The average molecular weight is 414 g/mol. The molecule has 7 nitrogen and oxygen atoms in total. The van der Waals surface area contributed by atoms with Crippen LogP contribution < -0.4 is 5.32 Å². The lowest BCUT2D eigenvalue weighted by Crippen LogP contribution is -2.22. The Hall–Kier alpha value is -4.07. The molecule has 0 spiro atoms. The Kier molecular flexibility index (Phi) is 4.47. The van der Waals surface area contributed by atoms with Crippen LogP contribution in [0, 0.1) is 5.82 Å². The molecule has 0 saturated heterocycles. The first-order valence-electron chi connectivity index (χ1n) is 9.89. The quantitative estimate of drug-likeness (QED) is 0.485. The molecule has 2 aromatic carbocycles. The lowest BCUT2D eigenvalue weighted by molar-refractivity contribution is 0.0951. The molecule has 0 bridgehead atoms. The van der Waals surface area contributed by atoms with Crippen LogP contribution in [0.3, 0.4) is 0 Å². The van der Waals surface area contributed by atoms with Gasteiger partial charge in [0.1, 0.15) is 11.5 Å².